The molecular weight excluding hydrogens is 330 g/mol. The molecule has 2 aromatic carbocycles. The summed E-state index contributed by atoms with van der Waals surface area (Å²) >= 11 is 0. The Balaban J connectivity index is 2.47. The summed E-state index contributed by atoms with van der Waals surface area (Å²) in [6.45, 7) is 6.89. The van der Waals surface area contributed by atoms with Gasteiger partial charge in [0.15, 0.2) is 0 Å². The number of rotatable bonds is 7. The van der Waals surface area contributed by atoms with Crippen molar-refractivity contribution in [1.29, 1.82) is 0 Å². The van der Waals surface area contributed by atoms with Crippen LogP contribution in [-0.2, 0) is 9.22 Å². The summed E-state index contributed by atoms with van der Waals surface area (Å²) in [5, 5.41) is 11.3. The van der Waals surface area contributed by atoms with E-state index in [4.69, 9.17) is 15.3 Å². The molecule has 0 fully saturated rings. The van der Waals surface area contributed by atoms with Crippen LogP contribution in [0.5, 0.6) is 0 Å². The van der Waals surface area contributed by atoms with Crippen molar-refractivity contribution in [3.63, 3.8) is 0 Å². The standard InChI is InChI=1S/C20H27NO3Si/c1-20(2,3)25(16-10-6-4-7-11-16,17-12-8-5-9-13-17)24-15-14-18(21)19(22)23/h4-13,18H,14-15,21H2,1-3H3,(H,22,23). The van der Waals surface area contributed by atoms with Gasteiger partial charge in [-0.05, 0) is 21.8 Å². The molecule has 2 aromatic rings. The minimum absolute atomic E-state index is 0.122. The lowest BCUT2D eigenvalue weighted by atomic mass is 10.2. The molecule has 134 valence electrons. The second-order valence-electron chi connectivity index (χ2n) is 7.25. The fourth-order valence-corrected chi connectivity index (χ4v) is 7.80. The summed E-state index contributed by atoms with van der Waals surface area (Å²) in [5.74, 6) is -0.994. The van der Waals surface area contributed by atoms with E-state index in [1.54, 1.807) is 0 Å². The number of hydrogen-bond donors (Lipinski definition) is 2. The van der Waals surface area contributed by atoms with Crippen LogP contribution in [-0.4, -0.2) is 32.0 Å². The van der Waals surface area contributed by atoms with Crippen LogP contribution < -0.4 is 16.1 Å². The molecule has 0 bridgehead atoms. The summed E-state index contributed by atoms with van der Waals surface area (Å²) in [4.78, 5) is 11.0. The molecule has 0 aliphatic heterocycles. The zero-order valence-electron chi connectivity index (χ0n) is 15.1. The van der Waals surface area contributed by atoms with Crippen molar-refractivity contribution in [3.05, 3.63) is 60.7 Å². The minimum atomic E-state index is -2.60. The van der Waals surface area contributed by atoms with Gasteiger partial charge in [-0.25, -0.2) is 0 Å². The van der Waals surface area contributed by atoms with Crippen molar-refractivity contribution in [2.75, 3.05) is 6.61 Å². The zero-order chi connectivity index (χ0) is 18.5. The Morgan fingerprint density at radius 3 is 1.84 bits per heavy atom. The third kappa shape index (κ3) is 4.18. The Morgan fingerprint density at radius 2 is 1.48 bits per heavy atom. The molecule has 25 heavy (non-hydrogen) atoms. The highest BCUT2D eigenvalue weighted by Crippen LogP contribution is 2.36. The fourth-order valence-electron chi connectivity index (χ4n) is 3.22. The molecule has 3 N–H and O–H groups in total. The first-order valence-electron chi connectivity index (χ1n) is 8.52. The number of nitrogens with two attached hydrogens (primary N) is 1. The molecule has 0 saturated carbocycles. The number of benzene rings is 2. The molecule has 0 spiro atoms. The summed E-state index contributed by atoms with van der Waals surface area (Å²) in [7, 11) is -2.60. The van der Waals surface area contributed by atoms with Crippen LogP contribution in [0.2, 0.25) is 5.04 Å². The Bertz CT molecular complexity index is 644. The number of hydrogen-bond acceptors (Lipinski definition) is 3. The lowest BCUT2D eigenvalue weighted by Crippen LogP contribution is -2.66. The van der Waals surface area contributed by atoms with Gasteiger partial charge in [0.1, 0.15) is 6.04 Å². The summed E-state index contributed by atoms with van der Waals surface area (Å²) in [6.07, 6.45) is 0.291. The number of carboxylic acids is 1. The average Bonchev–Trinajstić information content (AvgIpc) is 2.59. The van der Waals surface area contributed by atoms with Crippen molar-refractivity contribution in [2.24, 2.45) is 5.73 Å². The molecule has 0 aliphatic rings. The van der Waals surface area contributed by atoms with Crippen molar-refractivity contribution in [1.82, 2.24) is 0 Å². The minimum Gasteiger partial charge on any atom is -0.480 e. The molecule has 5 heteroatoms. The van der Waals surface area contributed by atoms with Gasteiger partial charge in [-0.2, -0.15) is 0 Å². The predicted octanol–water partition coefficient (Wildman–Crippen LogP) is 2.36. The Kier molecular flexibility index (Phi) is 6.16. The van der Waals surface area contributed by atoms with Crippen LogP contribution in [0.4, 0.5) is 0 Å². The molecule has 0 aliphatic carbocycles. The third-order valence-corrected chi connectivity index (χ3v) is 9.52. The van der Waals surface area contributed by atoms with Gasteiger partial charge in [-0.15, -0.1) is 0 Å². The van der Waals surface area contributed by atoms with Gasteiger partial charge in [0.05, 0.1) is 0 Å². The third-order valence-electron chi connectivity index (χ3n) is 4.48. The summed E-state index contributed by atoms with van der Waals surface area (Å²) in [5.41, 5.74) is 5.67. The van der Waals surface area contributed by atoms with E-state index in [9.17, 15) is 4.79 Å². The lowest BCUT2D eigenvalue weighted by Gasteiger charge is -2.43. The van der Waals surface area contributed by atoms with E-state index in [0.717, 1.165) is 0 Å². The normalized spacial score (nSPS) is 13.4. The zero-order valence-corrected chi connectivity index (χ0v) is 16.1. The molecule has 1 unspecified atom stereocenters. The Hall–Kier alpha value is -1.95. The lowest BCUT2D eigenvalue weighted by molar-refractivity contribution is -0.138. The smallest absolute Gasteiger partial charge is 0.320 e. The molecule has 1 atom stereocenters. The highest BCUT2D eigenvalue weighted by molar-refractivity contribution is 6.99. The van der Waals surface area contributed by atoms with Crippen molar-refractivity contribution < 1.29 is 14.3 Å². The van der Waals surface area contributed by atoms with Crippen LogP contribution in [0.1, 0.15) is 27.2 Å². The van der Waals surface area contributed by atoms with E-state index in [1.165, 1.54) is 10.4 Å². The highest BCUT2D eigenvalue weighted by Gasteiger charge is 2.50. The van der Waals surface area contributed by atoms with Crippen LogP contribution >= 0.6 is 0 Å². The van der Waals surface area contributed by atoms with E-state index in [0.29, 0.717) is 13.0 Å². The first-order chi connectivity index (χ1) is 11.8. The molecule has 0 aromatic heterocycles. The number of aliphatic carboxylic acids is 1. The van der Waals surface area contributed by atoms with Crippen LogP contribution in [0.3, 0.4) is 0 Å². The second kappa shape index (κ2) is 7.95. The number of carbonyl (C=O) groups is 1. The van der Waals surface area contributed by atoms with Crippen molar-refractivity contribution in [3.8, 4) is 0 Å². The van der Waals surface area contributed by atoms with E-state index >= 15 is 0 Å². The molecular formula is C20H27NO3Si. The Morgan fingerprint density at radius 1 is 1.04 bits per heavy atom. The van der Waals surface area contributed by atoms with Gasteiger partial charge < -0.3 is 15.3 Å². The van der Waals surface area contributed by atoms with Crippen molar-refractivity contribution in [2.45, 2.75) is 38.3 Å². The highest BCUT2D eigenvalue weighted by atomic mass is 28.4. The molecule has 0 amide bonds. The van der Waals surface area contributed by atoms with Crippen LogP contribution in [0.25, 0.3) is 0 Å². The number of carboxylic acid groups (broad SMARTS) is 1. The summed E-state index contributed by atoms with van der Waals surface area (Å²) in [6, 6.07) is 19.6. The largest absolute Gasteiger partial charge is 0.480 e. The molecule has 2 rings (SSSR count). The maximum Gasteiger partial charge on any atom is 0.320 e. The van der Waals surface area contributed by atoms with E-state index in [-0.39, 0.29) is 5.04 Å². The van der Waals surface area contributed by atoms with E-state index < -0.39 is 20.3 Å². The monoisotopic (exact) mass is 357 g/mol. The Labute approximate surface area is 150 Å². The van der Waals surface area contributed by atoms with Crippen molar-refractivity contribution >= 4 is 24.7 Å². The topological polar surface area (TPSA) is 72.5 Å². The predicted molar refractivity (Wildman–Crippen MR) is 104 cm³/mol. The maximum absolute atomic E-state index is 11.0. The van der Waals surface area contributed by atoms with Gasteiger partial charge in [-0.1, -0.05) is 81.4 Å². The fraction of sp³-hybridized carbons (Fsp3) is 0.350. The van der Waals surface area contributed by atoms with Gasteiger partial charge >= 0.3 is 5.97 Å². The van der Waals surface area contributed by atoms with Gasteiger partial charge in [0.25, 0.3) is 8.32 Å². The van der Waals surface area contributed by atoms with Crippen LogP contribution in [0, 0.1) is 0 Å². The maximum atomic E-state index is 11.0. The quantitative estimate of drug-likeness (QED) is 0.746. The molecule has 0 radical (unpaired) electrons. The first kappa shape index (κ1) is 19.4. The SMILES string of the molecule is CC(C)(C)[Si](OCCC(N)C(=O)O)(c1ccccc1)c1ccccc1. The van der Waals surface area contributed by atoms with E-state index in [1.807, 2.05) is 36.4 Å². The van der Waals surface area contributed by atoms with Gasteiger partial charge in [-0.3, -0.25) is 4.79 Å². The van der Waals surface area contributed by atoms with E-state index in [2.05, 4.69) is 45.0 Å². The first-order valence-corrected chi connectivity index (χ1v) is 10.4. The molecule has 0 heterocycles. The second-order valence-corrected chi connectivity index (χ2v) is 11.6. The summed E-state index contributed by atoms with van der Waals surface area (Å²) < 4.78 is 6.58. The molecule has 0 saturated heterocycles. The van der Waals surface area contributed by atoms with Gasteiger partial charge in [0.2, 0.25) is 0 Å². The molecule has 4 nitrogen and oxygen atoms in total. The van der Waals surface area contributed by atoms with Crippen LogP contribution in [0.15, 0.2) is 60.7 Å². The van der Waals surface area contributed by atoms with Gasteiger partial charge in [0, 0.05) is 6.61 Å². The average molecular weight is 358 g/mol.